The first-order valence-corrected chi connectivity index (χ1v) is 5.21. The summed E-state index contributed by atoms with van der Waals surface area (Å²) < 4.78 is 0. The Kier molecular flexibility index (Phi) is 6.70. The summed E-state index contributed by atoms with van der Waals surface area (Å²) in [7, 11) is 1.78. The fourth-order valence-corrected chi connectivity index (χ4v) is 1.03. The molecule has 0 radical (unpaired) electrons. The highest BCUT2D eigenvalue weighted by Crippen LogP contribution is 1.87. The van der Waals surface area contributed by atoms with Gasteiger partial charge in [0.05, 0.1) is 0 Å². The highest BCUT2D eigenvalue weighted by molar-refractivity contribution is 5.87. The number of hydrogen-bond donors (Lipinski definition) is 3. The van der Waals surface area contributed by atoms with Gasteiger partial charge in [0.2, 0.25) is 11.8 Å². The van der Waals surface area contributed by atoms with Gasteiger partial charge in [-0.2, -0.15) is 0 Å². The van der Waals surface area contributed by atoms with Gasteiger partial charge in [0.15, 0.2) is 0 Å². The number of carbonyl (C=O) groups excluding carboxylic acids is 2. The summed E-state index contributed by atoms with van der Waals surface area (Å²) in [4.78, 5) is 22.7. The van der Waals surface area contributed by atoms with E-state index in [-0.39, 0.29) is 17.9 Å². The molecule has 0 heterocycles. The van der Waals surface area contributed by atoms with Gasteiger partial charge in [0.25, 0.3) is 0 Å². The molecule has 0 bridgehead atoms. The van der Waals surface area contributed by atoms with Crippen molar-refractivity contribution >= 4 is 11.8 Å². The van der Waals surface area contributed by atoms with Crippen LogP contribution in [0, 0.1) is 0 Å². The van der Waals surface area contributed by atoms with Crippen LogP contribution < -0.4 is 16.0 Å². The molecule has 0 saturated heterocycles. The van der Waals surface area contributed by atoms with Crippen molar-refractivity contribution in [3.63, 3.8) is 0 Å². The number of carbonyl (C=O) groups is 2. The Hall–Kier alpha value is -1.10. The summed E-state index contributed by atoms with van der Waals surface area (Å²) >= 11 is 0. The number of nitrogens with one attached hydrogen (secondary N) is 3. The van der Waals surface area contributed by atoms with Gasteiger partial charge in [-0.25, -0.2) is 0 Å². The van der Waals surface area contributed by atoms with E-state index in [0.29, 0.717) is 13.0 Å². The van der Waals surface area contributed by atoms with Crippen molar-refractivity contribution < 1.29 is 9.59 Å². The molecule has 0 aliphatic carbocycles. The van der Waals surface area contributed by atoms with Gasteiger partial charge >= 0.3 is 0 Å². The molecule has 0 aromatic heterocycles. The molecule has 0 aromatic rings. The lowest BCUT2D eigenvalue weighted by Gasteiger charge is -2.15. The molecule has 15 heavy (non-hydrogen) atoms. The van der Waals surface area contributed by atoms with E-state index in [9.17, 15) is 9.59 Å². The molecule has 5 nitrogen and oxygen atoms in total. The Morgan fingerprint density at radius 3 is 2.20 bits per heavy atom. The maximum Gasteiger partial charge on any atom is 0.242 e. The minimum absolute atomic E-state index is 0.0918. The Morgan fingerprint density at radius 1 is 1.13 bits per heavy atom. The second-order valence-electron chi connectivity index (χ2n) is 3.81. The normalized spacial score (nSPS) is 12.3. The molecule has 0 aliphatic rings. The Labute approximate surface area is 91.0 Å². The second kappa shape index (κ2) is 7.23. The van der Waals surface area contributed by atoms with Gasteiger partial charge < -0.3 is 16.0 Å². The summed E-state index contributed by atoms with van der Waals surface area (Å²) in [6.45, 7) is 6.06. The molecule has 1 unspecified atom stereocenters. The fraction of sp³-hybridized carbons (Fsp3) is 0.800. The topological polar surface area (TPSA) is 70.2 Å². The predicted octanol–water partition coefficient (Wildman–Crippen LogP) is -0.375. The van der Waals surface area contributed by atoms with E-state index in [1.165, 1.54) is 0 Å². The Bertz CT molecular complexity index is 217. The largest absolute Gasteiger partial charge is 0.352 e. The Balaban J connectivity index is 3.85. The van der Waals surface area contributed by atoms with Gasteiger partial charge in [-0.3, -0.25) is 9.59 Å². The van der Waals surface area contributed by atoms with Gasteiger partial charge in [-0.1, -0.05) is 0 Å². The first-order chi connectivity index (χ1) is 6.97. The predicted molar refractivity (Wildman–Crippen MR) is 59.4 cm³/mol. The zero-order chi connectivity index (χ0) is 11.8. The molecule has 5 heteroatoms. The van der Waals surface area contributed by atoms with E-state index in [1.807, 2.05) is 13.8 Å². The van der Waals surface area contributed by atoms with Crippen LogP contribution in [0.5, 0.6) is 0 Å². The van der Waals surface area contributed by atoms with Crippen LogP contribution in [0.3, 0.4) is 0 Å². The van der Waals surface area contributed by atoms with E-state index in [1.54, 1.807) is 14.0 Å². The molecule has 88 valence electrons. The summed E-state index contributed by atoms with van der Waals surface area (Å²) in [6.07, 6.45) is 0.385. The quantitative estimate of drug-likeness (QED) is 0.566. The van der Waals surface area contributed by atoms with Crippen LogP contribution in [-0.4, -0.2) is 37.5 Å². The molecular formula is C10H21N3O2. The monoisotopic (exact) mass is 215 g/mol. The lowest BCUT2D eigenvalue weighted by atomic mass is 10.2. The third-order valence-electron chi connectivity index (χ3n) is 1.80. The molecular weight excluding hydrogens is 194 g/mol. The average molecular weight is 215 g/mol. The van der Waals surface area contributed by atoms with E-state index in [4.69, 9.17) is 0 Å². The van der Waals surface area contributed by atoms with Crippen molar-refractivity contribution in [2.45, 2.75) is 39.3 Å². The third kappa shape index (κ3) is 6.90. The van der Waals surface area contributed by atoms with Gasteiger partial charge in [-0.15, -0.1) is 0 Å². The van der Waals surface area contributed by atoms with E-state index in [0.717, 1.165) is 0 Å². The molecule has 0 aromatic carbocycles. The van der Waals surface area contributed by atoms with Gasteiger partial charge in [-0.05, 0) is 27.8 Å². The minimum atomic E-state index is -0.475. The molecule has 0 fully saturated rings. The molecule has 3 N–H and O–H groups in total. The molecule has 0 saturated carbocycles. The third-order valence-corrected chi connectivity index (χ3v) is 1.80. The highest BCUT2D eigenvalue weighted by Gasteiger charge is 2.15. The minimum Gasteiger partial charge on any atom is -0.352 e. The number of rotatable bonds is 6. The van der Waals surface area contributed by atoms with Crippen molar-refractivity contribution in [3.05, 3.63) is 0 Å². The van der Waals surface area contributed by atoms with Crippen LogP contribution >= 0.6 is 0 Å². The lowest BCUT2D eigenvalue weighted by Crippen LogP contribution is -2.47. The van der Waals surface area contributed by atoms with Crippen LogP contribution in [0.1, 0.15) is 27.2 Å². The fourth-order valence-electron chi connectivity index (χ4n) is 1.03. The van der Waals surface area contributed by atoms with Crippen molar-refractivity contribution in [2.24, 2.45) is 0 Å². The van der Waals surface area contributed by atoms with Crippen molar-refractivity contribution in [1.29, 1.82) is 0 Å². The van der Waals surface area contributed by atoms with Gasteiger partial charge in [0, 0.05) is 19.0 Å². The van der Waals surface area contributed by atoms with Crippen LogP contribution in [0.25, 0.3) is 0 Å². The van der Waals surface area contributed by atoms with Crippen LogP contribution in [-0.2, 0) is 9.59 Å². The summed E-state index contributed by atoms with van der Waals surface area (Å²) in [5, 5.41) is 8.24. The summed E-state index contributed by atoms with van der Waals surface area (Å²) in [5.41, 5.74) is 0. The van der Waals surface area contributed by atoms with E-state index < -0.39 is 6.04 Å². The number of hydrogen-bond acceptors (Lipinski definition) is 3. The van der Waals surface area contributed by atoms with Gasteiger partial charge in [0.1, 0.15) is 6.04 Å². The smallest absolute Gasteiger partial charge is 0.242 e. The number of amides is 2. The zero-order valence-corrected chi connectivity index (χ0v) is 9.89. The first-order valence-electron chi connectivity index (χ1n) is 5.21. The van der Waals surface area contributed by atoms with E-state index in [2.05, 4.69) is 16.0 Å². The first kappa shape index (κ1) is 13.9. The van der Waals surface area contributed by atoms with Crippen molar-refractivity contribution in [1.82, 2.24) is 16.0 Å². The highest BCUT2D eigenvalue weighted by atomic mass is 16.2. The Morgan fingerprint density at radius 2 is 1.73 bits per heavy atom. The summed E-state index contributed by atoms with van der Waals surface area (Å²) in [5.74, 6) is -0.265. The average Bonchev–Trinajstić information content (AvgIpc) is 2.13. The van der Waals surface area contributed by atoms with E-state index >= 15 is 0 Å². The van der Waals surface area contributed by atoms with Crippen LogP contribution in [0.2, 0.25) is 0 Å². The maximum absolute atomic E-state index is 11.4. The maximum atomic E-state index is 11.4. The zero-order valence-electron chi connectivity index (χ0n) is 9.89. The van der Waals surface area contributed by atoms with Crippen LogP contribution in [0.4, 0.5) is 0 Å². The SMILES string of the molecule is CNCCC(=O)NC(C)C(=O)NC(C)C. The summed E-state index contributed by atoms with van der Waals surface area (Å²) in [6, 6.07) is -0.383. The standard InChI is InChI=1S/C10H21N3O2/c1-7(2)12-10(15)8(3)13-9(14)5-6-11-4/h7-8,11H,5-6H2,1-4H3,(H,12,15)(H,13,14). The molecule has 1 atom stereocenters. The van der Waals surface area contributed by atoms with Crippen molar-refractivity contribution in [3.8, 4) is 0 Å². The lowest BCUT2D eigenvalue weighted by molar-refractivity contribution is -0.128. The molecule has 0 aliphatic heterocycles. The molecule has 0 rings (SSSR count). The molecule has 0 spiro atoms. The molecule has 2 amide bonds. The second-order valence-corrected chi connectivity index (χ2v) is 3.81. The van der Waals surface area contributed by atoms with Crippen LogP contribution in [0.15, 0.2) is 0 Å². The van der Waals surface area contributed by atoms with Crippen molar-refractivity contribution in [2.75, 3.05) is 13.6 Å².